The largest absolute Gasteiger partial charge is 0.481 e. The molecular formula is C22H32O6. The van der Waals surface area contributed by atoms with Crippen molar-refractivity contribution in [2.45, 2.75) is 57.7 Å². The molecule has 0 amide bonds. The molecule has 0 aliphatic carbocycles. The molecule has 3 N–H and O–H groups in total. The van der Waals surface area contributed by atoms with Crippen LogP contribution in [-0.4, -0.2) is 33.8 Å². The Balaban J connectivity index is 4.20. The van der Waals surface area contributed by atoms with Crippen LogP contribution in [0.5, 0.6) is 0 Å². The number of carboxylic acids is 1. The number of carboxylic acid groups (broad SMARTS) is 1. The van der Waals surface area contributed by atoms with E-state index in [9.17, 15) is 4.79 Å². The zero-order valence-electron chi connectivity index (χ0n) is 16.4. The van der Waals surface area contributed by atoms with Gasteiger partial charge in [-0.1, -0.05) is 79.8 Å². The second-order valence-corrected chi connectivity index (χ2v) is 5.90. The van der Waals surface area contributed by atoms with E-state index in [-0.39, 0.29) is 6.42 Å². The van der Waals surface area contributed by atoms with E-state index >= 15 is 0 Å². The van der Waals surface area contributed by atoms with Crippen LogP contribution in [0.2, 0.25) is 0 Å². The van der Waals surface area contributed by atoms with Crippen LogP contribution in [0.3, 0.4) is 0 Å². The summed E-state index contributed by atoms with van der Waals surface area (Å²) in [5.74, 6) is -0.841. The lowest BCUT2D eigenvalue weighted by Crippen LogP contribution is -2.05. The predicted molar refractivity (Wildman–Crippen MR) is 111 cm³/mol. The molecule has 156 valence electrons. The summed E-state index contributed by atoms with van der Waals surface area (Å²) in [6, 6.07) is 0. The monoisotopic (exact) mass is 392 g/mol. The summed E-state index contributed by atoms with van der Waals surface area (Å²) in [7, 11) is 0. The molecule has 0 bridgehead atoms. The highest BCUT2D eigenvalue weighted by molar-refractivity contribution is 5.66. The van der Waals surface area contributed by atoms with Crippen LogP contribution in [-0.2, 0) is 14.6 Å². The number of allylic oxidation sites excluding steroid dienone is 8. The molecule has 0 aromatic heterocycles. The van der Waals surface area contributed by atoms with Gasteiger partial charge in [-0.2, -0.15) is 0 Å². The fourth-order valence-corrected chi connectivity index (χ4v) is 2.04. The average Bonchev–Trinajstić information content (AvgIpc) is 2.69. The Morgan fingerprint density at radius 2 is 1.36 bits per heavy atom. The maximum atomic E-state index is 10.4. The van der Waals surface area contributed by atoms with E-state index in [2.05, 4.69) is 28.9 Å². The Morgan fingerprint density at radius 3 is 1.86 bits per heavy atom. The van der Waals surface area contributed by atoms with E-state index in [0.717, 1.165) is 12.8 Å². The number of hydrogen-bond acceptors (Lipinski definition) is 5. The fraction of sp³-hybridized carbons (Fsp3) is 0.409. The third-order valence-corrected chi connectivity index (χ3v) is 3.53. The predicted octanol–water partition coefficient (Wildman–Crippen LogP) is 5.49. The van der Waals surface area contributed by atoms with Gasteiger partial charge in [0.25, 0.3) is 0 Å². The fourth-order valence-electron chi connectivity index (χ4n) is 2.04. The molecule has 0 spiro atoms. The lowest BCUT2D eigenvalue weighted by molar-refractivity contribution is -0.264. The van der Waals surface area contributed by atoms with Crippen LogP contribution in [0.4, 0.5) is 0 Å². The zero-order chi connectivity index (χ0) is 20.9. The molecule has 28 heavy (non-hydrogen) atoms. The molecule has 0 aliphatic heterocycles. The van der Waals surface area contributed by atoms with E-state index in [1.807, 2.05) is 12.2 Å². The Kier molecular flexibility index (Phi) is 17.9. The molecule has 6 heteroatoms. The van der Waals surface area contributed by atoms with Gasteiger partial charge < -0.3 is 5.11 Å². The molecular weight excluding hydrogens is 360 g/mol. The maximum absolute atomic E-state index is 10.4. The molecule has 0 rings (SSSR count). The first kappa shape index (κ1) is 25.8. The molecule has 0 saturated carbocycles. The van der Waals surface area contributed by atoms with Crippen molar-refractivity contribution in [2.75, 3.05) is 0 Å². The van der Waals surface area contributed by atoms with E-state index in [4.69, 9.17) is 15.6 Å². The smallest absolute Gasteiger partial charge is 0.303 e. The van der Waals surface area contributed by atoms with Crippen molar-refractivity contribution >= 4 is 5.97 Å². The summed E-state index contributed by atoms with van der Waals surface area (Å²) in [4.78, 5) is 19.2. The number of carbonyl (C=O) groups is 1. The van der Waals surface area contributed by atoms with Crippen molar-refractivity contribution < 1.29 is 30.2 Å². The molecule has 0 radical (unpaired) electrons. The first-order valence-corrected chi connectivity index (χ1v) is 9.42. The van der Waals surface area contributed by atoms with Gasteiger partial charge in [-0.3, -0.25) is 15.3 Å². The lowest BCUT2D eigenvalue weighted by Gasteiger charge is -2.04. The quantitative estimate of drug-likeness (QED) is 0.139. The van der Waals surface area contributed by atoms with E-state index in [1.54, 1.807) is 48.6 Å². The Labute approximate surface area is 167 Å². The van der Waals surface area contributed by atoms with Crippen LogP contribution in [0.1, 0.15) is 45.4 Å². The van der Waals surface area contributed by atoms with Crippen LogP contribution in [0, 0.1) is 0 Å². The van der Waals surface area contributed by atoms with Crippen LogP contribution in [0.15, 0.2) is 72.9 Å². The highest BCUT2D eigenvalue weighted by Gasteiger charge is 2.01. The summed E-state index contributed by atoms with van der Waals surface area (Å²) in [5, 5.41) is 26.3. The minimum Gasteiger partial charge on any atom is -0.481 e. The van der Waals surface area contributed by atoms with Crippen molar-refractivity contribution in [3.63, 3.8) is 0 Å². The highest BCUT2D eigenvalue weighted by atomic mass is 17.1. The van der Waals surface area contributed by atoms with Gasteiger partial charge in [0, 0.05) is 6.42 Å². The number of aliphatic carboxylic acids is 1. The standard InChI is InChI=1S/C22H32O6/c1-2-3-4-5-6-10-15-20(27-25)16-11-7-8-12-17-21(28-26)18-13-9-14-19-22(23)24/h3-4,6-13,16-17,20-21,25-26H,2,5,14-15,18-19H2,1H3,(H,23,24). The van der Waals surface area contributed by atoms with Gasteiger partial charge in [-0.25, -0.2) is 9.78 Å². The van der Waals surface area contributed by atoms with Crippen LogP contribution >= 0.6 is 0 Å². The normalized spacial score (nSPS) is 15.2. The average molecular weight is 392 g/mol. The van der Waals surface area contributed by atoms with Gasteiger partial charge in [-0.05, 0) is 32.1 Å². The van der Waals surface area contributed by atoms with Gasteiger partial charge >= 0.3 is 5.97 Å². The van der Waals surface area contributed by atoms with Crippen molar-refractivity contribution in [1.29, 1.82) is 0 Å². The van der Waals surface area contributed by atoms with E-state index in [1.165, 1.54) is 0 Å². The molecule has 6 nitrogen and oxygen atoms in total. The highest BCUT2D eigenvalue weighted by Crippen LogP contribution is 2.04. The third kappa shape index (κ3) is 17.2. The summed E-state index contributed by atoms with van der Waals surface area (Å²) in [6.07, 6.45) is 24.6. The van der Waals surface area contributed by atoms with Gasteiger partial charge in [0.1, 0.15) is 12.2 Å². The summed E-state index contributed by atoms with van der Waals surface area (Å²) in [6.45, 7) is 2.09. The molecule has 0 heterocycles. The maximum Gasteiger partial charge on any atom is 0.303 e. The molecule has 2 unspecified atom stereocenters. The first-order chi connectivity index (χ1) is 13.6. The number of hydrogen-bond donors (Lipinski definition) is 3. The zero-order valence-corrected chi connectivity index (χ0v) is 16.4. The second kappa shape index (κ2) is 19.5. The van der Waals surface area contributed by atoms with Crippen molar-refractivity contribution in [2.24, 2.45) is 0 Å². The van der Waals surface area contributed by atoms with Gasteiger partial charge in [-0.15, -0.1) is 0 Å². The molecule has 0 fully saturated rings. The van der Waals surface area contributed by atoms with Crippen LogP contribution < -0.4 is 0 Å². The lowest BCUT2D eigenvalue weighted by atomic mass is 10.2. The van der Waals surface area contributed by atoms with Crippen LogP contribution in [0.25, 0.3) is 0 Å². The molecule has 2 atom stereocenters. The Hall–Kier alpha value is -2.25. The van der Waals surface area contributed by atoms with Crippen molar-refractivity contribution in [3.8, 4) is 0 Å². The van der Waals surface area contributed by atoms with Crippen molar-refractivity contribution in [3.05, 3.63) is 72.9 Å². The molecule has 0 aromatic carbocycles. The topological polar surface area (TPSA) is 96.2 Å². The SMILES string of the molecule is CCC=CCC=CCC(C=CC=CC=CC(CC=CCCC(=O)O)OO)OO. The first-order valence-electron chi connectivity index (χ1n) is 9.42. The minimum absolute atomic E-state index is 0.0797. The van der Waals surface area contributed by atoms with Gasteiger partial charge in [0.05, 0.1) is 0 Å². The van der Waals surface area contributed by atoms with Crippen molar-refractivity contribution in [1.82, 2.24) is 0 Å². The Bertz CT molecular complexity index is 557. The third-order valence-electron chi connectivity index (χ3n) is 3.53. The van der Waals surface area contributed by atoms with E-state index < -0.39 is 18.2 Å². The second-order valence-electron chi connectivity index (χ2n) is 5.90. The summed E-state index contributed by atoms with van der Waals surface area (Å²) in [5.41, 5.74) is 0. The summed E-state index contributed by atoms with van der Waals surface area (Å²) >= 11 is 0. The Morgan fingerprint density at radius 1 is 0.821 bits per heavy atom. The van der Waals surface area contributed by atoms with Gasteiger partial charge in [0.15, 0.2) is 0 Å². The van der Waals surface area contributed by atoms with E-state index in [0.29, 0.717) is 19.3 Å². The minimum atomic E-state index is -0.841. The van der Waals surface area contributed by atoms with Gasteiger partial charge in [0.2, 0.25) is 0 Å². The summed E-state index contributed by atoms with van der Waals surface area (Å²) < 4.78 is 0. The number of rotatable bonds is 16. The molecule has 0 saturated heterocycles. The molecule has 0 aliphatic rings. The molecule has 0 aromatic rings.